The van der Waals surface area contributed by atoms with Crippen LogP contribution in [-0.2, 0) is 11.3 Å². The van der Waals surface area contributed by atoms with E-state index >= 15 is 0 Å². The average Bonchev–Trinajstić information content (AvgIpc) is 3.27. The van der Waals surface area contributed by atoms with Crippen molar-refractivity contribution in [3.63, 3.8) is 0 Å². The largest absolute Gasteiger partial charge is 0.373 e. The Bertz CT molecular complexity index is 747. The minimum atomic E-state index is 0. The van der Waals surface area contributed by atoms with E-state index in [1.165, 1.54) is 11.3 Å². The van der Waals surface area contributed by atoms with Crippen molar-refractivity contribution in [1.82, 2.24) is 20.4 Å². The number of ether oxygens (including phenoxy) is 1. The van der Waals surface area contributed by atoms with Gasteiger partial charge in [0.2, 0.25) is 0 Å². The van der Waals surface area contributed by atoms with Gasteiger partial charge in [-0.2, -0.15) is 5.10 Å². The summed E-state index contributed by atoms with van der Waals surface area (Å²) in [7, 11) is 1.82. The molecule has 1 aromatic heterocycles. The fraction of sp³-hybridized carbons (Fsp3) is 0.524. The lowest BCUT2D eigenvalue weighted by atomic mass is 9.95. The number of benzene rings is 1. The van der Waals surface area contributed by atoms with Crippen LogP contribution in [0.4, 0.5) is 0 Å². The van der Waals surface area contributed by atoms with Gasteiger partial charge in [-0.3, -0.25) is 9.67 Å². The predicted octanol–water partition coefficient (Wildman–Crippen LogP) is 3.45. The molecule has 154 valence electrons. The molecule has 0 bridgehead atoms. The molecule has 28 heavy (non-hydrogen) atoms. The third-order valence-corrected chi connectivity index (χ3v) is 5.04. The molecule has 7 heteroatoms. The number of aliphatic imine (C=N–C) groups is 1. The summed E-state index contributed by atoms with van der Waals surface area (Å²) in [4.78, 5) is 4.34. The molecule has 1 aromatic carbocycles. The molecule has 6 nitrogen and oxygen atoms in total. The predicted molar refractivity (Wildman–Crippen MR) is 124 cm³/mol. The maximum atomic E-state index is 5.97. The number of aryl methyl sites for hydroxylation is 3. The highest BCUT2D eigenvalue weighted by atomic mass is 127. The molecule has 0 aliphatic carbocycles. The Morgan fingerprint density at radius 3 is 2.71 bits per heavy atom. The van der Waals surface area contributed by atoms with Crippen molar-refractivity contribution >= 4 is 29.9 Å². The summed E-state index contributed by atoms with van der Waals surface area (Å²) in [6.45, 7) is 7.58. The molecular weight excluding hydrogens is 465 g/mol. The number of halogens is 1. The van der Waals surface area contributed by atoms with Crippen molar-refractivity contribution in [2.24, 2.45) is 10.9 Å². The topological polar surface area (TPSA) is 63.5 Å². The lowest BCUT2D eigenvalue weighted by Crippen LogP contribution is -2.40. The monoisotopic (exact) mass is 497 g/mol. The molecule has 0 radical (unpaired) electrons. The SMILES string of the molecule is CN=C(NCCCn1nc(C)cc1C)NCC1CCOC1c1ccccc1.I. The molecule has 2 N–H and O–H groups in total. The summed E-state index contributed by atoms with van der Waals surface area (Å²) in [6.07, 6.45) is 2.24. The van der Waals surface area contributed by atoms with Gasteiger partial charge in [-0.15, -0.1) is 24.0 Å². The summed E-state index contributed by atoms with van der Waals surface area (Å²) in [5.41, 5.74) is 3.54. The zero-order valence-corrected chi connectivity index (χ0v) is 19.3. The van der Waals surface area contributed by atoms with Crippen LogP contribution in [0, 0.1) is 19.8 Å². The van der Waals surface area contributed by atoms with Crippen LogP contribution in [0.15, 0.2) is 41.4 Å². The quantitative estimate of drug-likeness (QED) is 0.266. The molecule has 0 amide bonds. The first kappa shape index (κ1) is 22.7. The normalized spacial score (nSPS) is 19.3. The highest BCUT2D eigenvalue weighted by Gasteiger charge is 2.29. The first-order valence-corrected chi connectivity index (χ1v) is 9.79. The maximum absolute atomic E-state index is 5.97. The van der Waals surface area contributed by atoms with E-state index in [2.05, 4.69) is 62.7 Å². The molecule has 2 heterocycles. The third-order valence-electron chi connectivity index (χ3n) is 5.04. The van der Waals surface area contributed by atoms with Gasteiger partial charge in [-0.1, -0.05) is 30.3 Å². The fourth-order valence-electron chi connectivity index (χ4n) is 3.64. The van der Waals surface area contributed by atoms with Crippen molar-refractivity contribution in [2.45, 2.75) is 39.3 Å². The summed E-state index contributed by atoms with van der Waals surface area (Å²) >= 11 is 0. The second-order valence-corrected chi connectivity index (χ2v) is 7.13. The zero-order chi connectivity index (χ0) is 19.1. The Hall–Kier alpha value is -1.61. The molecule has 2 aromatic rings. The van der Waals surface area contributed by atoms with E-state index < -0.39 is 0 Å². The Morgan fingerprint density at radius 2 is 2.04 bits per heavy atom. The van der Waals surface area contributed by atoms with Crippen molar-refractivity contribution in [3.05, 3.63) is 53.3 Å². The van der Waals surface area contributed by atoms with Gasteiger partial charge < -0.3 is 15.4 Å². The lowest BCUT2D eigenvalue weighted by molar-refractivity contribution is 0.0915. The van der Waals surface area contributed by atoms with Gasteiger partial charge >= 0.3 is 0 Å². The second-order valence-electron chi connectivity index (χ2n) is 7.13. The van der Waals surface area contributed by atoms with Crippen LogP contribution < -0.4 is 10.6 Å². The van der Waals surface area contributed by atoms with Crippen molar-refractivity contribution in [1.29, 1.82) is 0 Å². The third kappa shape index (κ3) is 6.20. The van der Waals surface area contributed by atoms with Crippen LogP contribution in [0.5, 0.6) is 0 Å². The van der Waals surface area contributed by atoms with Gasteiger partial charge in [0, 0.05) is 44.9 Å². The van der Waals surface area contributed by atoms with Crippen LogP contribution in [0.25, 0.3) is 0 Å². The van der Waals surface area contributed by atoms with E-state index in [0.29, 0.717) is 5.92 Å². The molecule has 1 fully saturated rings. The number of rotatable bonds is 7. The van der Waals surface area contributed by atoms with Crippen LogP contribution in [0.2, 0.25) is 0 Å². The molecule has 1 aliphatic heterocycles. The van der Waals surface area contributed by atoms with Gasteiger partial charge in [0.15, 0.2) is 5.96 Å². The van der Waals surface area contributed by atoms with Crippen molar-refractivity contribution < 1.29 is 4.74 Å². The zero-order valence-electron chi connectivity index (χ0n) is 17.0. The highest BCUT2D eigenvalue weighted by Crippen LogP contribution is 2.33. The van der Waals surface area contributed by atoms with E-state index in [1.807, 2.05) is 20.0 Å². The van der Waals surface area contributed by atoms with Gasteiger partial charge in [-0.25, -0.2) is 0 Å². The van der Waals surface area contributed by atoms with Crippen molar-refractivity contribution in [3.8, 4) is 0 Å². The molecule has 0 spiro atoms. The Labute approximate surface area is 185 Å². The van der Waals surface area contributed by atoms with Crippen LogP contribution in [-0.4, -0.2) is 42.5 Å². The number of hydrogen-bond donors (Lipinski definition) is 2. The molecular formula is C21H32IN5O. The Morgan fingerprint density at radius 1 is 1.25 bits per heavy atom. The number of hydrogen-bond acceptors (Lipinski definition) is 3. The smallest absolute Gasteiger partial charge is 0.190 e. The second kappa shape index (κ2) is 11.4. The first-order valence-electron chi connectivity index (χ1n) is 9.79. The van der Waals surface area contributed by atoms with Gasteiger partial charge in [0.1, 0.15) is 0 Å². The first-order chi connectivity index (χ1) is 13.2. The van der Waals surface area contributed by atoms with E-state index in [9.17, 15) is 0 Å². The number of guanidine groups is 1. The van der Waals surface area contributed by atoms with E-state index in [-0.39, 0.29) is 30.1 Å². The maximum Gasteiger partial charge on any atom is 0.190 e. The van der Waals surface area contributed by atoms with Crippen LogP contribution in [0.3, 0.4) is 0 Å². The Balaban J connectivity index is 0.00000280. The molecule has 1 aliphatic rings. The number of nitrogens with zero attached hydrogens (tertiary/aromatic N) is 3. The number of nitrogens with one attached hydrogen (secondary N) is 2. The fourth-order valence-corrected chi connectivity index (χ4v) is 3.64. The van der Waals surface area contributed by atoms with E-state index in [4.69, 9.17) is 4.74 Å². The lowest BCUT2D eigenvalue weighted by Gasteiger charge is -2.21. The molecule has 2 unspecified atom stereocenters. The molecule has 2 atom stereocenters. The Kier molecular flexibility index (Phi) is 9.24. The van der Waals surface area contributed by atoms with Gasteiger partial charge in [0.05, 0.1) is 11.8 Å². The minimum Gasteiger partial charge on any atom is -0.373 e. The summed E-state index contributed by atoms with van der Waals surface area (Å²) in [5, 5.41) is 11.4. The van der Waals surface area contributed by atoms with E-state index in [0.717, 1.165) is 50.7 Å². The molecule has 0 saturated carbocycles. The van der Waals surface area contributed by atoms with Gasteiger partial charge in [0.25, 0.3) is 0 Å². The average molecular weight is 497 g/mol. The minimum absolute atomic E-state index is 0. The molecule has 3 rings (SSSR count). The molecule has 1 saturated heterocycles. The summed E-state index contributed by atoms with van der Waals surface area (Å²) in [6, 6.07) is 12.6. The van der Waals surface area contributed by atoms with Crippen LogP contribution in [0.1, 0.15) is 35.9 Å². The van der Waals surface area contributed by atoms with E-state index in [1.54, 1.807) is 0 Å². The summed E-state index contributed by atoms with van der Waals surface area (Å²) in [5.74, 6) is 1.31. The number of aromatic nitrogens is 2. The van der Waals surface area contributed by atoms with Gasteiger partial charge in [-0.05, 0) is 38.3 Å². The standard InChI is InChI=1S/C21H31N5O.HI/c1-16-14-17(2)26(25-16)12-7-11-23-21(22-3)24-15-19-10-13-27-20(19)18-8-5-4-6-9-18;/h4-6,8-9,14,19-20H,7,10-13,15H2,1-3H3,(H2,22,23,24);1H. The van der Waals surface area contributed by atoms with Crippen molar-refractivity contribution in [2.75, 3.05) is 26.7 Å². The highest BCUT2D eigenvalue weighted by molar-refractivity contribution is 14.0. The summed E-state index contributed by atoms with van der Waals surface area (Å²) < 4.78 is 8.03. The van der Waals surface area contributed by atoms with Crippen LogP contribution >= 0.6 is 24.0 Å².